The van der Waals surface area contributed by atoms with Gasteiger partial charge in [-0.1, -0.05) is 97.1 Å². The van der Waals surface area contributed by atoms with Crippen LogP contribution >= 0.6 is 0 Å². The van der Waals surface area contributed by atoms with Gasteiger partial charge in [0.25, 0.3) is 0 Å². The zero-order valence-electron chi connectivity index (χ0n) is 29.5. The maximum Gasteiger partial charge on any atom is 0.102 e. The molecule has 11 rings (SSSR count). The van der Waals surface area contributed by atoms with E-state index in [1.54, 1.807) is 0 Å². The Hall–Kier alpha value is -7.86. The molecule has 3 aromatic heterocycles. The van der Waals surface area contributed by atoms with E-state index in [2.05, 4.69) is 165 Å². The lowest BCUT2D eigenvalue weighted by Gasteiger charge is -2.15. The maximum absolute atomic E-state index is 10.9. The molecule has 0 saturated carbocycles. The van der Waals surface area contributed by atoms with Crippen molar-refractivity contribution >= 4 is 65.4 Å². The number of benzene rings is 8. The Morgan fingerprint density at radius 2 is 0.818 bits per heavy atom. The highest BCUT2D eigenvalue weighted by atomic mass is 15.0. The summed E-state index contributed by atoms with van der Waals surface area (Å²) in [4.78, 5) is 0. The molecule has 0 amide bonds. The summed E-state index contributed by atoms with van der Waals surface area (Å²) in [5.74, 6) is 0. The van der Waals surface area contributed by atoms with Crippen molar-refractivity contribution in [2.75, 3.05) is 0 Å². The minimum absolute atomic E-state index is 0.620. The second-order valence-corrected chi connectivity index (χ2v) is 14.0. The fraction of sp³-hybridized carbons (Fsp3) is 0. The molecule has 0 spiro atoms. The number of nitriles is 2. The van der Waals surface area contributed by atoms with Gasteiger partial charge in [0.15, 0.2) is 0 Å². The Kier molecular flexibility index (Phi) is 6.61. The molecule has 11 aromatic rings. The van der Waals surface area contributed by atoms with Crippen molar-refractivity contribution in [2.24, 2.45) is 0 Å². The Bertz CT molecular complexity index is 3400. The number of fused-ring (bicyclic) bond motifs is 9. The van der Waals surface area contributed by atoms with E-state index in [-0.39, 0.29) is 0 Å². The summed E-state index contributed by atoms with van der Waals surface area (Å²) in [6, 6.07) is 65.9. The quantitative estimate of drug-likeness (QED) is 0.184. The molecule has 3 heterocycles. The van der Waals surface area contributed by atoms with Gasteiger partial charge in [-0.25, -0.2) is 0 Å². The van der Waals surface area contributed by atoms with E-state index in [9.17, 15) is 10.5 Å². The van der Waals surface area contributed by atoms with Crippen LogP contribution in [0.25, 0.3) is 93.6 Å². The van der Waals surface area contributed by atoms with Crippen molar-refractivity contribution < 1.29 is 0 Å². The Balaban J connectivity index is 1.07. The summed E-state index contributed by atoms with van der Waals surface area (Å²) in [6.07, 6.45) is 0. The van der Waals surface area contributed by atoms with Gasteiger partial charge in [-0.3, -0.25) is 0 Å². The predicted molar refractivity (Wildman–Crippen MR) is 224 cm³/mol. The highest BCUT2D eigenvalue weighted by Crippen LogP contribution is 2.39. The van der Waals surface area contributed by atoms with Gasteiger partial charge in [0, 0.05) is 49.3 Å². The predicted octanol–water partition coefficient (Wildman–Crippen LogP) is 12.4. The molecule has 0 bridgehead atoms. The van der Waals surface area contributed by atoms with E-state index in [1.165, 1.54) is 10.8 Å². The van der Waals surface area contributed by atoms with Gasteiger partial charge in [-0.05, 0) is 84.4 Å². The average molecular weight is 700 g/mol. The molecule has 5 heteroatoms. The molecule has 0 aliphatic heterocycles. The van der Waals surface area contributed by atoms with Crippen molar-refractivity contribution in [1.29, 1.82) is 10.5 Å². The third kappa shape index (κ3) is 4.45. The minimum Gasteiger partial charge on any atom is -0.309 e. The third-order valence-corrected chi connectivity index (χ3v) is 11.1. The SMILES string of the molecule is N#Cc1ccc2c(c1)c1ccccc1n2-c1ccc2c(c1)c1ccccc1n2-c1cccc(-c2ccc(-n3c4ccccc4c4ccccc43)cc2)c1C#N. The highest BCUT2D eigenvalue weighted by Gasteiger charge is 2.20. The lowest BCUT2D eigenvalue weighted by Crippen LogP contribution is -2.00. The fourth-order valence-electron chi connectivity index (χ4n) is 8.76. The van der Waals surface area contributed by atoms with Crippen LogP contribution < -0.4 is 0 Å². The van der Waals surface area contributed by atoms with Crippen molar-refractivity contribution in [3.8, 4) is 40.3 Å². The summed E-state index contributed by atoms with van der Waals surface area (Å²) in [7, 11) is 0. The van der Waals surface area contributed by atoms with E-state index >= 15 is 0 Å². The van der Waals surface area contributed by atoms with Crippen LogP contribution in [0.4, 0.5) is 0 Å². The monoisotopic (exact) mass is 699 g/mol. The number of rotatable bonds is 4. The molecule has 0 unspecified atom stereocenters. The topological polar surface area (TPSA) is 62.4 Å². The van der Waals surface area contributed by atoms with Gasteiger partial charge >= 0.3 is 0 Å². The molecule has 55 heavy (non-hydrogen) atoms. The van der Waals surface area contributed by atoms with Crippen LogP contribution in [0.15, 0.2) is 176 Å². The van der Waals surface area contributed by atoms with Gasteiger partial charge in [0.1, 0.15) is 6.07 Å². The summed E-state index contributed by atoms with van der Waals surface area (Å²) in [6.45, 7) is 0. The normalized spacial score (nSPS) is 11.6. The molecule has 254 valence electrons. The first-order valence-electron chi connectivity index (χ1n) is 18.3. The first kappa shape index (κ1) is 30.7. The standard InChI is InChI=1S/C50H29N5/c51-30-32-20-26-49-41(28-32)39-12-3-7-17-46(39)54(49)35-25-27-50-42(29-35)40-13-4-8-18-47(40)55(50)48-19-9-14-36(43(48)31-52)33-21-23-34(24-22-33)53-44-15-5-1-10-37(44)38-11-2-6-16-45(38)53/h1-29H. The Morgan fingerprint density at radius 1 is 0.345 bits per heavy atom. The summed E-state index contributed by atoms with van der Waals surface area (Å²) in [5.41, 5.74) is 12.6. The number of aromatic nitrogens is 3. The minimum atomic E-state index is 0.620. The van der Waals surface area contributed by atoms with Crippen LogP contribution in [0.5, 0.6) is 0 Å². The van der Waals surface area contributed by atoms with Gasteiger partial charge in [-0.15, -0.1) is 0 Å². The second-order valence-electron chi connectivity index (χ2n) is 14.0. The van der Waals surface area contributed by atoms with Crippen molar-refractivity contribution in [1.82, 2.24) is 13.7 Å². The molecule has 0 aliphatic carbocycles. The maximum atomic E-state index is 10.9. The van der Waals surface area contributed by atoms with E-state index < -0.39 is 0 Å². The number of para-hydroxylation sites is 4. The van der Waals surface area contributed by atoms with Crippen LogP contribution in [0.3, 0.4) is 0 Å². The summed E-state index contributed by atoms with van der Waals surface area (Å²) in [5, 5.41) is 27.3. The molecule has 0 radical (unpaired) electrons. The lowest BCUT2D eigenvalue weighted by atomic mass is 9.98. The summed E-state index contributed by atoms with van der Waals surface area (Å²) >= 11 is 0. The molecule has 5 nitrogen and oxygen atoms in total. The van der Waals surface area contributed by atoms with E-state index in [0.717, 1.165) is 82.8 Å². The number of hydrogen-bond acceptors (Lipinski definition) is 2. The van der Waals surface area contributed by atoms with Crippen LogP contribution in [0, 0.1) is 22.7 Å². The molecule has 0 saturated heterocycles. The largest absolute Gasteiger partial charge is 0.309 e. The summed E-state index contributed by atoms with van der Waals surface area (Å²) < 4.78 is 6.82. The van der Waals surface area contributed by atoms with E-state index in [1.807, 2.05) is 36.4 Å². The molecule has 0 aliphatic rings. The van der Waals surface area contributed by atoms with Gasteiger partial charge in [-0.2, -0.15) is 10.5 Å². The van der Waals surface area contributed by atoms with Crippen LogP contribution in [-0.2, 0) is 0 Å². The van der Waals surface area contributed by atoms with Crippen LogP contribution in [-0.4, -0.2) is 13.7 Å². The first-order chi connectivity index (χ1) is 27.2. The van der Waals surface area contributed by atoms with Crippen molar-refractivity contribution in [3.05, 3.63) is 187 Å². The van der Waals surface area contributed by atoms with Crippen molar-refractivity contribution in [3.63, 3.8) is 0 Å². The highest BCUT2D eigenvalue weighted by molar-refractivity contribution is 6.13. The zero-order valence-corrected chi connectivity index (χ0v) is 29.5. The lowest BCUT2D eigenvalue weighted by molar-refractivity contribution is 1.16. The zero-order chi connectivity index (χ0) is 36.6. The second kappa shape index (κ2) is 11.8. The molecular formula is C50H29N5. The van der Waals surface area contributed by atoms with E-state index in [0.29, 0.717) is 11.1 Å². The Labute approximate surface area is 316 Å². The van der Waals surface area contributed by atoms with Crippen LogP contribution in [0.1, 0.15) is 11.1 Å². The van der Waals surface area contributed by atoms with Crippen molar-refractivity contribution in [2.45, 2.75) is 0 Å². The first-order valence-corrected chi connectivity index (χ1v) is 18.3. The van der Waals surface area contributed by atoms with Gasteiger partial charge < -0.3 is 13.7 Å². The van der Waals surface area contributed by atoms with Gasteiger partial charge in [0.05, 0.1) is 56.0 Å². The molecule has 8 aromatic carbocycles. The third-order valence-electron chi connectivity index (χ3n) is 11.1. The Morgan fingerprint density at radius 3 is 1.42 bits per heavy atom. The molecule has 0 fully saturated rings. The van der Waals surface area contributed by atoms with Gasteiger partial charge in [0.2, 0.25) is 0 Å². The smallest absolute Gasteiger partial charge is 0.102 e. The molecule has 0 N–H and O–H groups in total. The molecule has 0 atom stereocenters. The fourth-order valence-corrected chi connectivity index (χ4v) is 8.76. The number of nitrogens with zero attached hydrogens (tertiary/aromatic N) is 5. The average Bonchev–Trinajstić information content (AvgIpc) is 3.88. The van der Waals surface area contributed by atoms with E-state index in [4.69, 9.17) is 0 Å². The molecular weight excluding hydrogens is 671 g/mol. The number of hydrogen-bond donors (Lipinski definition) is 0. The van der Waals surface area contributed by atoms with Crippen LogP contribution in [0.2, 0.25) is 0 Å².